The van der Waals surface area contributed by atoms with E-state index in [9.17, 15) is 18.0 Å². The number of nitrogens with one attached hydrogen (secondary N) is 2. The summed E-state index contributed by atoms with van der Waals surface area (Å²) in [5.74, 6) is 0.0709. The van der Waals surface area contributed by atoms with Crippen LogP contribution in [0.25, 0.3) is 10.6 Å². The minimum atomic E-state index is -3.75. The molecule has 1 aliphatic heterocycles. The standard InChI is InChI=1S/C22H24N4O5S2/c1-2-31-17-7-5-16(6-8-17)23-22(28)15-4-3-13-26(14-15)33(29,30)21-12-10-19(32-21)18-9-11-20(27)25-24-18/h5-12,15H,2-4,13-14H2,1H3,(H,23,28)(H,25,27)/t15-/m1/s1. The Morgan fingerprint density at radius 1 is 1.21 bits per heavy atom. The number of hydrogen-bond donors (Lipinski definition) is 2. The largest absolute Gasteiger partial charge is 0.494 e. The quantitative estimate of drug-likeness (QED) is 0.527. The molecule has 3 heterocycles. The van der Waals surface area contributed by atoms with Crippen LogP contribution in [0.2, 0.25) is 0 Å². The Labute approximate surface area is 195 Å². The van der Waals surface area contributed by atoms with E-state index >= 15 is 0 Å². The summed E-state index contributed by atoms with van der Waals surface area (Å²) in [5.41, 5.74) is 0.804. The molecule has 0 spiro atoms. The van der Waals surface area contributed by atoms with E-state index in [1.54, 1.807) is 36.4 Å². The number of carbonyl (C=O) groups is 1. The molecular formula is C22H24N4O5S2. The maximum Gasteiger partial charge on any atom is 0.264 e. The summed E-state index contributed by atoms with van der Waals surface area (Å²) >= 11 is 1.08. The maximum atomic E-state index is 13.2. The van der Waals surface area contributed by atoms with Gasteiger partial charge in [-0.15, -0.1) is 11.3 Å². The van der Waals surface area contributed by atoms with Crippen LogP contribution in [0.4, 0.5) is 5.69 Å². The van der Waals surface area contributed by atoms with Crippen molar-refractivity contribution in [3.63, 3.8) is 0 Å². The number of aromatic nitrogens is 2. The summed E-state index contributed by atoms with van der Waals surface area (Å²) in [4.78, 5) is 24.6. The number of amides is 1. The molecule has 11 heteroatoms. The van der Waals surface area contributed by atoms with Crippen LogP contribution in [0, 0.1) is 5.92 Å². The van der Waals surface area contributed by atoms with Gasteiger partial charge in [-0.05, 0) is 62.2 Å². The molecule has 0 aliphatic carbocycles. The molecule has 1 aromatic carbocycles. The number of sulfonamides is 1. The topological polar surface area (TPSA) is 121 Å². The van der Waals surface area contributed by atoms with Gasteiger partial charge in [-0.3, -0.25) is 9.59 Å². The molecule has 1 amide bonds. The van der Waals surface area contributed by atoms with Crippen molar-refractivity contribution in [3.05, 3.63) is 58.9 Å². The van der Waals surface area contributed by atoms with Crippen molar-refractivity contribution >= 4 is 33.0 Å². The van der Waals surface area contributed by atoms with E-state index in [1.807, 2.05) is 6.92 Å². The summed E-state index contributed by atoms with van der Waals surface area (Å²) in [7, 11) is -3.75. The molecule has 2 N–H and O–H groups in total. The van der Waals surface area contributed by atoms with Gasteiger partial charge in [0.15, 0.2) is 0 Å². The molecule has 3 aromatic rings. The molecule has 33 heavy (non-hydrogen) atoms. The highest BCUT2D eigenvalue weighted by Crippen LogP contribution is 2.32. The lowest BCUT2D eigenvalue weighted by Crippen LogP contribution is -2.43. The van der Waals surface area contributed by atoms with Crippen LogP contribution in [-0.2, 0) is 14.8 Å². The molecule has 0 saturated carbocycles. The third-order valence-electron chi connectivity index (χ3n) is 5.29. The lowest BCUT2D eigenvalue weighted by molar-refractivity contribution is -0.120. The fourth-order valence-electron chi connectivity index (χ4n) is 3.63. The third-order valence-corrected chi connectivity index (χ3v) is 8.74. The van der Waals surface area contributed by atoms with E-state index < -0.39 is 15.9 Å². The van der Waals surface area contributed by atoms with Crippen LogP contribution in [0.3, 0.4) is 0 Å². The van der Waals surface area contributed by atoms with Crippen molar-refractivity contribution < 1.29 is 17.9 Å². The van der Waals surface area contributed by atoms with E-state index in [0.717, 1.165) is 17.1 Å². The van der Waals surface area contributed by atoms with E-state index in [4.69, 9.17) is 4.74 Å². The number of H-pyrrole nitrogens is 1. The second kappa shape index (κ2) is 9.86. The van der Waals surface area contributed by atoms with Crippen LogP contribution in [0.5, 0.6) is 5.75 Å². The van der Waals surface area contributed by atoms with Gasteiger partial charge >= 0.3 is 0 Å². The molecule has 1 fully saturated rings. The predicted molar refractivity (Wildman–Crippen MR) is 126 cm³/mol. The van der Waals surface area contributed by atoms with Crippen LogP contribution in [0.1, 0.15) is 19.8 Å². The first kappa shape index (κ1) is 23.1. The molecule has 1 saturated heterocycles. The summed E-state index contributed by atoms with van der Waals surface area (Å²) < 4.78 is 33.4. The molecule has 0 bridgehead atoms. The van der Waals surface area contributed by atoms with Crippen molar-refractivity contribution in [3.8, 4) is 16.3 Å². The zero-order valence-corrected chi connectivity index (χ0v) is 19.6. The van der Waals surface area contributed by atoms with Crippen molar-refractivity contribution in [1.82, 2.24) is 14.5 Å². The Kier molecular flexibility index (Phi) is 6.91. The lowest BCUT2D eigenvalue weighted by Gasteiger charge is -2.30. The smallest absolute Gasteiger partial charge is 0.264 e. The average Bonchev–Trinajstić information content (AvgIpc) is 3.32. The molecular weight excluding hydrogens is 464 g/mol. The SMILES string of the molecule is CCOc1ccc(NC(=O)[C@@H]2CCCN(S(=O)(=O)c3ccc(-c4ccc(=O)[nH]n4)s3)C2)cc1. The van der Waals surface area contributed by atoms with Gasteiger partial charge < -0.3 is 10.1 Å². The van der Waals surface area contributed by atoms with Gasteiger partial charge in [0.2, 0.25) is 5.91 Å². The Bertz CT molecular complexity index is 1260. The Hall–Kier alpha value is -3.02. The Morgan fingerprint density at radius 2 is 2.00 bits per heavy atom. The van der Waals surface area contributed by atoms with Gasteiger partial charge in [-0.2, -0.15) is 9.40 Å². The minimum Gasteiger partial charge on any atom is -0.494 e. The average molecular weight is 489 g/mol. The summed E-state index contributed by atoms with van der Waals surface area (Å²) in [6, 6.07) is 13.2. The van der Waals surface area contributed by atoms with E-state index in [2.05, 4.69) is 15.5 Å². The lowest BCUT2D eigenvalue weighted by atomic mass is 9.99. The monoisotopic (exact) mass is 488 g/mol. The first-order valence-electron chi connectivity index (χ1n) is 10.6. The van der Waals surface area contributed by atoms with Crippen molar-refractivity contribution in [2.45, 2.75) is 24.0 Å². The molecule has 1 atom stereocenters. The number of benzene rings is 1. The molecule has 174 valence electrons. The number of ether oxygens (including phenoxy) is 1. The van der Waals surface area contributed by atoms with Gasteiger partial charge in [0.05, 0.1) is 17.4 Å². The van der Waals surface area contributed by atoms with Crippen molar-refractivity contribution in [2.75, 3.05) is 25.0 Å². The number of thiophene rings is 1. The van der Waals surface area contributed by atoms with Crippen LogP contribution < -0.4 is 15.6 Å². The molecule has 4 rings (SSSR count). The van der Waals surface area contributed by atoms with Gasteiger partial charge in [0, 0.05) is 24.8 Å². The fourth-order valence-corrected chi connectivity index (χ4v) is 6.58. The molecule has 2 aromatic heterocycles. The summed E-state index contributed by atoms with van der Waals surface area (Å²) in [6.45, 7) is 2.94. The third kappa shape index (κ3) is 5.32. The number of piperidine rings is 1. The first-order valence-corrected chi connectivity index (χ1v) is 12.8. The van der Waals surface area contributed by atoms with Crippen LogP contribution in [0.15, 0.2) is 57.5 Å². The fraction of sp³-hybridized carbons (Fsp3) is 0.318. The van der Waals surface area contributed by atoms with E-state index in [-0.39, 0.29) is 22.2 Å². The number of hydrogen-bond acceptors (Lipinski definition) is 7. The highest BCUT2D eigenvalue weighted by molar-refractivity contribution is 7.91. The number of rotatable bonds is 7. The second-order valence-electron chi connectivity index (χ2n) is 7.57. The number of nitrogens with zero attached hydrogens (tertiary/aromatic N) is 2. The number of anilines is 1. The minimum absolute atomic E-state index is 0.120. The Morgan fingerprint density at radius 3 is 2.70 bits per heavy atom. The zero-order valence-electron chi connectivity index (χ0n) is 18.0. The van der Waals surface area contributed by atoms with Crippen molar-refractivity contribution in [2.24, 2.45) is 5.92 Å². The Balaban J connectivity index is 1.44. The predicted octanol–water partition coefficient (Wildman–Crippen LogP) is 2.94. The number of carbonyl (C=O) groups excluding carboxylic acids is 1. The van der Waals surface area contributed by atoms with E-state index in [1.165, 1.54) is 16.4 Å². The highest BCUT2D eigenvalue weighted by Gasteiger charge is 2.34. The van der Waals surface area contributed by atoms with Gasteiger partial charge in [-0.25, -0.2) is 13.5 Å². The summed E-state index contributed by atoms with van der Waals surface area (Å²) in [6.07, 6.45) is 1.21. The van der Waals surface area contributed by atoms with E-state index in [0.29, 0.717) is 42.3 Å². The normalized spacial score (nSPS) is 16.9. The molecule has 0 unspecified atom stereocenters. The van der Waals surface area contributed by atoms with Gasteiger partial charge in [0.1, 0.15) is 15.7 Å². The zero-order chi connectivity index (χ0) is 23.4. The van der Waals surface area contributed by atoms with Crippen molar-refractivity contribution in [1.29, 1.82) is 0 Å². The number of aromatic amines is 1. The van der Waals surface area contributed by atoms with Crippen LogP contribution in [-0.4, -0.2) is 48.5 Å². The van der Waals surface area contributed by atoms with Gasteiger partial charge in [0.25, 0.3) is 15.6 Å². The van der Waals surface area contributed by atoms with Crippen LogP contribution >= 0.6 is 11.3 Å². The first-order chi connectivity index (χ1) is 15.9. The van der Waals surface area contributed by atoms with Gasteiger partial charge in [-0.1, -0.05) is 0 Å². The molecule has 0 radical (unpaired) electrons. The second-order valence-corrected chi connectivity index (χ2v) is 10.8. The summed E-state index contributed by atoms with van der Waals surface area (Å²) in [5, 5.41) is 9.17. The highest BCUT2D eigenvalue weighted by atomic mass is 32.2. The molecule has 1 aliphatic rings. The maximum absolute atomic E-state index is 13.2. The molecule has 9 nitrogen and oxygen atoms in total.